The first kappa shape index (κ1) is 15.6. The SMILES string of the molecule is CN1CCC(CNC(=O)c2cccc(Oc3ccccc3)c2)C1. The molecule has 1 fully saturated rings. The van der Waals surface area contributed by atoms with Gasteiger partial charge in [0.15, 0.2) is 0 Å². The molecule has 2 aromatic rings. The molecule has 0 bridgehead atoms. The molecule has 120 valence electrons. The van der Waals surface area contributed by atoms with Crippen LogP contribution in [0.4, 0.5) is 0 Å². The van der Waals surface area contributed by atoms with Crippen LogP contribution in [0.15, 0.2) is 54.6 Å². The van der Waals surface area contributed by atoms with E-state index in [9.17, 15) is 4.79 Å². The van der Waals surface area contributed by atoms with Gasteiger partial charge in [0.1, 0.15) is 11.5 Å². The third-order valence-electron chi connectivity index (χ3n) is 4.12. The quantitative estimate of drug-likeness (QED) is 0.922. The fourth-order valence-electron chi connectivity index (χ4n) is 2.86. The van der Waals surface area contributed by atoms with Crippen LogP contribution in [0.25, 0.3) is 0 Å². The lowest BCUT2D eigenvalue weighted by atomic mass is 10.1. The summed E-state index contributed by atoms with van der Waals surface area (Å²) in [6, 6.07) is 16.9. The average Bonchev–Trinajstić information content (AvgIpc) is 2.99. The molecule has 1 unspecified atom stereocenters. The summed E-state index contributed by atoms with van der Waals surface area (Å²) in [6.45, 7) is 2.89. The molecule has 1 atom stereocenters. The van der Waals surface area contributed by atoms with Gasteiger partial charge in [-0.15, -0.1) is 0 Å². The predicted molar refractivity (Wildman–Crippen MR) is 90.9 cm³/mol. The maximum atomic E-state index is 12.3. The molecule has 1 heterocycles. The lowest BCUT2D eigenvalue weighted by Gasteiger charge is -2.12. The average molecular weight is 310 g/mol. The third-order valence-corrected chi connectivity index (χ3v) is 4.12. The van der Waals surface area contributed by atoms with Crippen LogP contribution in [0.5, 0.6) is 11.5 Å². The van der Waals surface area contributed by atoms with Crippen molar-refractivity contribution in [3.8, 4) is 11.5 Å². The largest absolute Gasteiger partial charge is 0.457 e. The zero-order valence-electron chi connectivity index (χ0n) is 13.4. The summed E-state index contributed by atoms with van der Waals surface area (Å²) in [5, 5.41) is 3.03. The number of para-hydroxylation sites is 1. The first-order valence-electron chi connectivity index (χ1n) is 8.00. The standard InChI is InChI=1S/C19H22N2O2/c1-21-11-10-15(14-21)13-20-19(22)16-6-5-9-18(12-16)23-17-7-3-2-4-8-17/h2-9,12,15H,10-11,13-14H2,1H3,(H,20,22). The Balaban J connectivity index is 1.59. The minimum Gasteiger partial charge on any atom is -0.457 e. The van der Waals surface area contributed by atoms with Crippen LogP contribution in [-0.2, 0) is 0 Å². The number of ether oxygens (including phenoxy) is 1. The molecular weight excluding hydrogens is 288 g/mol. The van der Waals surface area contributed by atoms with E-state index in [0.717, 1.165) is 31.8 Å². The fraction of sp³-hybridized carbons (Fsp3) is 0.316. The number of nitrogens with one attached hydrogen (secondary N) is 1. The number of carbonyl (C=O) groups excluding carboxylic acids is 1. The molecule has 4 heteroatoms. The van der Waals surface area contributed by atoms with E-state index in [1.807, 2.05) is 48.5 Å². The number of hydrogen-bond donors (Lipinski definition) is 1. The number of carbonyl (C=O) groups is 1. The van der Waals surface area contributed by atoms with Gasteiger partial charge in [-0.1, -0.05) is 24.3 Å². The number of likely N-dealkylation sites (tertiary alicyclic amines) is 1. The van der Waals surface area contributed by atoms with E-state index in [4.69, 9.17) is 4.74 Å². The number of nitrogens with zero attached hydrogens (tertiary/aromatic N) is 1. The molecule has 3 rings (SSSR count). The van der Waals surface area contributed by atoms with Crippen molar-refractivity contribution in [1.29, 1.82) is 0 Å². The van der Waals surface area contributed by atoms with Gasteiger partial charge in [0.25, 0.3) is 5.91 Å². The molecule has 2 aromatic carbocycles. The third kappa shape index (κ3) is 4.33. The summed E-state index contributed by atoms with van der Waals surface area (Å²) in [6.07, 6.45) is 1.15. The second-order valence-corrected chi connectivity index (χ2v) is 6.07. The summed E-state index contributed by atoms with van der Waals surface area (Å²) in [7, 11) is 2.12. The molecule has 1 amide bonds. The fourth-order valence-corrected chi connectivity index (χ4v) is 2.86. The number of amides is 1. The number of rotatable bonds is 5. The van der Waals surface area contributed by atoms with Crippen LogP contribution >= 0.6 is 0 Å². The van der Waals surface area contributed by atoms with E-state index in [1.54, 1.807) is 6.07 Å². The molecule has 0 spiro atoms. The molecule has 1 N–H and O–H groups in total. The van der Waals surface area contributed by atoms with Gasteiger partial charge in [-0.25, -0.2) is 0 Å². The second-order valence-electron chi connectivity index (χ2n) is 6.07. The van der Waals surface area contributed by atoms with Gasteiger partial charge in [-0.2, -0.15) is 0 Å². The molecule has 4 nitrogen and oxygen atoms in total. The number of benzene rings is 2. The Bertz CT molecular complexity index is 657. The molecule has 0 aromatic heterocycles. The first-order valence-corrected chi connectivity index (χ1v) is 8.00. The van der Waals surface area contributed by atoms with Gasteiger partial charge >= 0.3 is 0 Å². The second kappa shape index (κ2) is 7.29. The Kier molecular flexibility index (Phi) is 4.93. The Morgan fingerprint density at radius 3 is 2.70 bits per heavy atom. The van der Waals surface area contributed by atoms with Gasteiger partial charge in [-0.05, 0) is 56.3 Å². The Hall–Kier alpha value is -2.33. The van der Waals surface area contributed by atoms with Crippen molar-refractivity contribution in [2.24, 2.45) is 5.92 Å². The highest BCUT2D eigenvalue weighted by Gasteiger charge is 2.20. The van der Waals surface area contributed by atoms with Crippen LogP contribution in [-0.4, -0.2) is 37.5 Å². The summed E-state index contributed by atoms with van der Waals surface area (Å²) in [5.74, 6) is 1.94. The van der Waals surface area contributed by atoms with Crippen molar-refractivity contribution >= 4 is 5.91 Å². The molecule has 0 saturated carbocycles. The summed E-state index contributed by atoms with van der Waals surface area (Å²) >= 11 is 0. The highest BCUT2D eigenvalue weighted by Crippen LogP contribution is 2.22. The van der Waals surface area contributed by atoms with Crippen molar-refractivity contribution in [2.45, 2.75) is 6.42 Å². The van der Waals surface area contributed by atoms with E-state index in [0.29, 0.717) is 17.2 Å². The Morgan fingerprint density at radius 1 is 1.17 bits per heavy atom. The zero-order chi connectivity index (χ0) is 16.1. The zero-order valence-corrected chi connectivity index (χ0v) is 13.4. The highest BCUT2D eigenvalue weighted by atomic mass is 16.5. The predicted octanol–water partition coefficient (Wildman–Crippen LogP) is 3.16. The molecule has 0 aliphatic carbocycles. The highest BCUT2D eigenvalue weighted by molar-refractivity contribution is 5.94. The lowest BCUT2D eigenvalue weighted by Crippen LogP contribution is -2.30. The van der Waals surface area contributed by atoms with Gasteiger partial charge in [0, 0.05) is 18.7 Å². The van der Waals surface area contributed by atoms with Gasteiger partial charge in [-0.3, -0.25) is 4.79 Å². The molecule has 1 saturated heterocycles. The van der Waals surface area contributed by atoms with Crippen molar-refractivity contribution in [3.63, 3.8) is 0 Å². The smallest absolute Gasteiger partial charge is 0.251 e. The summed E-state index contributed by atoms with van der Waals surface area (Å²) in [5.41, 5.74) is 0.629. The summed E-state index contributed by atoms with van der Waals surface area (Å²) < 4.78 is 5.77. The van der Waals surface area contributed by atoms with Crippen molar-refractivity contribution in [1.82, 2.24) is 10.2 Å². The lowest BCUT2D eigenvalue weighted by molar-refractivity contribution is 0.0947. The normalized spacial score (nSPS) is 17.9. The molecular formula is C19H22N2O2. The van der Waals surface area contributed by atoms with Crippen LogP contribution in [0.1, 0.15) is 16.8 Å². The maximum absolute atomic E-state index is 12.3. The minimum absolute atomic E-state index is 0.0435. The van der Waals surface area contributed by atoms with Crippen molar-refractivity contribution < 1.29 is 9.53 Å². The van der Waals surface area contributed by atoms with Crippen LogP contribution in [0.3, 0.4) is 0 Å². The van der Waals surface area contributed by atoms with Crippen LogP contribution < -0.4 is 10.1 Å². The van der Waals surface area contributed by atoms with Gasteiger partial charge in [0.05, 0.1) is 0 Å². The Morgan fingerprint density at radius 2 is 1.96 bits per heavy atom. The van der Waals surface area contributed by atoms with E-state index >= 15 is 0 Å². The van der Waals surface area contributed by atoms with Crippen LogP contribution in [0.2, 0.25) is 0 Å². The van der Waals surface area contributed by atoms with E-state index < -0.39 is 0 Å². The first-order chi connectivity index (χ1) is 11.2. The number of hydrogen-bond acceptors (Lipinski definition) is 3. The molecule has 23 heavy (non-hydrogen) atoms. The maximum Gasteiger partial charge on any atom is 0.251 e. The molecule has 1 aliphatic heterocycles. The monoisotopic (exact) mass is 310 g/mol. The topological polar surface area (TPSA) is 41.6 Å². The van der Waals surface area contributed by atoms with Gasteiger partial charge < -0.3 is 15.0 Å². The van der Waals surface area contributed by atoms with E-state index in [2.05, 4.69) is 17.3 Å². The van der Waals surface area contributed by atoms with Crippen molar-refractivity contribution in [3.05, 3.63) is 60.2 Å². The van der Waals surface area contributed by atoms with Gasteiger partial charge in [0.2, 0.25) is 0 Å². The molecule has 0 radical (unpaired) electrons. The summed E-state index contributed by atoms with van der Waals surface area (Å²) in [4.78, 5) is 14.6. The van der Waals surface area contributed by atoms with E-state index in [1.165, 1.54) is 0 Å². The Labute approximate surface area is 137 Å². The van der Waals surface area contributed by atoms with Crippen molar-refractivity contribution in [2.75, 3.05) is 26.7 Å². The van der Waals surface area contributed by atoms with E-state index in [-0.39, 0.29) is 5.91 Å². The minimum atomic E-state index is -0.0435. The van der Waals surface area contributed by atoms with Crippen LogP contribution in [0, 0.1) is 5.92 Å². The molecule has 1 aliphatic rings.